The highest BCUT2D eigenvalue weighted by molar-refractivity contribution is 5.94. The van der Waals surface area contributed by atoms with E-state index < -0.39 is 0 Å². The molecule has 2 aromatic rings. The Morgan fingerprint density at radius 2 is 1.94 bits per heavy atom. The third kappa shape index (κ3) is 2.78. The van der Waals surface area contributed by atoms with Crippen molar-refractivity contribution in [2.24, 2.45) is 0 Å². The van der Waals surface area contributed by atoms with Crippen LogP contribution in [-0.4, -0.2) is 16.1 Å². The number of rotatable bonds is 3. The number of phenolic OH excluding ortho intramolecular Hbond substituents is 2. The van der Waals surface area contributed by atoms with E-state index in [1.54, 1.807) is 6.07 Å². The van der Waals surface area contributed by atoms with Gasteiger partial charge in [0.2, 0.25) is 0 Å². The van der Waals surface area contributed by atoms with Gasteiger partial charge in [-0.1, -0.05) is 0 Å². The van der Waals surface area contributed by atoms with E-state index in [1.807, 2.05) is 0 Å². The van der Waals surface area contributed by atoms with Crippen LogP contribution >= 0.6 is 0 Å². The lowest BCUT2D eigenvalue weighted by Crippen LogP contribution is -2.22. The lowest BCUT2D eigenvalue weighted by Gasteiger charge is -2.04. The summed E-state index contributed by atoms with van der Waals surface area (Å²) in [5.74, 6) is -0.686. The van der Waals surface area contributed by atoms with E-state index in [9.17, 15) is 15.0 Å². The second kappa shape index (κ2) is 4.61. The number of benzene rings is 1. The zero-order valence-corrected chi connectivity index (χ0v) is 8.88. The summed E-state index contributed by atoms with van der Waals surface area (Å²) in [7, 11) is 0. The van der Waals surface area contributed by atoms with Gasteiger partial charge in [-0.15, -0.1) is 0 Å². The molecule has 0 unspecified atom stereocenters. The van der Waals surface area contributed by atoms with Crippen molar-refractivity contribution in [2.75, 3.05) is 0 Å². The van der Waals surface area contributed by atoms with E-state index in [0.717, 1.165) is 11.6 Å². The van der Waals surface area contributed by atoms with Crippen LogP contribution in [0.3, 0.4) is 0 Å². The Morgan fingerprint density at radius 1 is 1.24 bits per heavy atom. The van der Waals surface area contributed by atoms with Crippen molar-refractivity contribution in [2.45, 2.75) is 6.54 Å². The molecule has 0 aliphatic heterocycles. The highest BCUT2D eigenvalue weighted by Gasteiger charge is 2.08. The van der Waals surface area contributed by atoms with E-state index >= 15 is 0 Å². The normalized spacial score (nSPS) is 10.1. The Balaban J connectivity index is 2.04. The maximum Gasteiger partial charge on any atom is 0.251 e. The first-order valence-corrected chi connectivity index (χ1v) is 4.97. The molecule has 1 amide bonds. The zero-order valence-electron chi connectivity index (χ0n) is 8.88. The van der Waals surface area contributed by atoms with Crippen LogP contribution < -0.4 is 5.32 Å². The maximum atomic E-state index is 11.7. The first kappa shape index (κ1) is 11.1. The largest absolute Gasteiger partial charge is 0.508 e. The maximum absolute atomic E-state index is 11.7. The molecule has 1 aromatic heterocycles. The molecule has 0 saturated carbocycles. The molecule has 1 heterocycles. The molecule has 2 rings (SSSR count). The Hall–Kier alpha value is -2.43. The van der Waals surface area contributed by atoms with Gasteiger partial charge in [0.05, 0.1) is 12.5 Å². The predicted molar refractivity (Wildman–Crippen MR) is 59.6 cm³/mol. The van der Waals surface area contributed by atoms with Crippen molar-refractivity contribution < 1.29 is 19.4 Å². The van der Waals surface area contributed by atoms with Gasteiger partial charge in [-0.3, -0.25) is 4.79 Å². The molecule has 5 heteroatoms. The molecular formula is C12H11NO4. The lowest BCUT2D eigenvalue weighted by atomic mass is 10.2. The number of aromatic hydroxyl groups is 2. The van der Waals surface area contributed by atoms with E-state index in [2.05, 4.69) is 5.32 Å². The van der Waals surface area contributed by atoms with Gasteiger partial charge in [0.25, 0.3) is 5.91 Å². The van der Waals surface area contributed by atoms with Crippen LogP contribution in [0.25, 0.3) is 0 Å². The number of carbonyl (C=O) groups is 1. The molecule has 0 bridgehead atoms. The first-order chi connectivity index (χ1) is 8.15. The van der Waals surface area contributed by atoms with Crippen molar-refractivity contribution in [3.63, 3.8) is 0 Å². The number of furan rings is 1. The van der Waals surface area contributed by atoms with Crippen LogP contribution in [-0.2, 0) is 6.54 Å². The highest BCUT2D eigenvalue weighted by atomic mass is 16.3. The number of hydrogen-bond donors (Lipinski definition) is 3. The van der Waals surface area contributed by atoms with Crippen LogP contribution in [0.15, 0.2) is 41.2 Å². The van der Waals surface area contributed by atoms with E-state index in [4.69, 9.17) is 4.42 Å². The molecule has 0 aliphatic rings. The molecule has 0 atom stereocenters. The van der Waals surface area contributed by atoms with Gasteiger partial charge in [-0.25, -0.2) is 0 Å². The van der Waals surface area contributed by atoms with E-state index in [0.29, 0.717) is 6.54 Å². The predicted octanol–water partition coefficient (Wildman–Crippen LogP) is 1.62. The minimum atomic E-state index is -0.377. The SMILES string of the molecule is O=C(NCc1ccoc1)c1cc(O)cc(O)c1. The minimum absolute atomic E-state index is 0.154. The van der Waals surface area contributed by atoms with Crippen LogP contribution in [0.1, 0.15) is 15.9 Å². The summed E-state index contributed by atoms with van der Waals surface area (Å²) in [5.41, 5.74) is 1.04. The summed E-state index contributed by atoms with van der Waals surface area (Å²) in [6, 6.07) is 5.46. The molecule has 0 saturated heterocycles. The van der Waals surface area contributed by atoms with Crippen molar-refractivity contribution in [3.05, 3.63) is 47.9 Å². The quantitative estimate of drug-likeness (QED) is 0.752. The monoisotopic (exact) mass is 233 g/mol. The molecule has 0 radical (unpaired) electrons. The summed E-state index contributed by atoms with van der Waals surface area (Å²) in [6.07, 6.45) is 3.04. The summed E-state index contributed by atoms with van der Waals surface area (Å²) in [4.78, 5) is 11.7. The van der Waals surface area contributed by atoms with Gasteiger partial charge < -0.3 is 19.9 Å². The average Bonchev–Trinajstić information content (AvgIpc) is 2.77. The Labute approximate surface area is 97.3 Å². The minimum Gasteiger partial charge on any atom is -0.508 e. The standard InChI is InChI=1S/C12H11NO4/c14-10-3-9(4-11(15)5-10)12(16)13-6-8-1-2-17-7-8/h1-5,7,14-15H,6H2,(H,13,16). The third-order valence-electron chi connectivity index (χ3n) is 2.20. The Kier molecular flexibility index (Phi) is 3.00. The fraction of sp³-hybridized carbons (Fsp3) is 0.0833. The van der Waals surface area contributed by atoms with Gasteiger partial charge in [-0.2, -0.15) is 0 Å². The molecule has 5 nitrogen and oxygen atoms in total. The zero-order chi connectivity index (χ0) is 12.3. The Bertz CT molecular complexity index is 499. The summed E-state index contributed by atoms with van der Waals surface area (Å²) in [6.45, 7) is 0.325. The van der Waals surface area contributed by atoms with Gasteiger partial charge in [-0.05, 0) is 18.2 Å². The van der Waals surface area contributed by atoms with Crippen LogP contribution in [0.2, 0.25) is 0 Å². The van der Waals surface area contributed by atoms with Crippen LogP contribution in [0, 0.1) is 0 Å². The number of nitrogens with one attached hydrogen (secondary N) is 1. The fourth-order valence-electron chi connectivity index (χ4n) is 1.40. The molecule has 0 aliphatic carbocycles. The molecule has 0 fully saturated rings. The average molecular weight is 233 g/mol. The molecular weight excluding hydrogens is 222 g/mol. The van der Waals surface area contributed by atoms with Crippen molar-refractivity contribution in [3.8, 4) is 11.5 Å². The molecule has 88 valence electrons. The van der Waals surface area contributed by atoms with Crippen LogP contribution in [0.5, 0.6) is 11.5 Å². The first-order valence-electron chi connectivity index (χ1n) is 4.97. The number of hydrogen-bond acceptors (Lipinski definition) is 4. The summed E-state index contributed by atoms with van der Waals surface area (Å²) < 4.78 is 4.86. The van der Waals surface area contributed by atoms with Gasteiger partial charge in [0.15, 0.2) is 0 Å². The van der Waals surface area contributed by atoms with Crippen molar-refractivity contribution in [1.82, 2.24) is 5.32 Å². The second-order valence-electron chi connectivity index (χ2n) is 3.55. The summed E-state index contributed by atoms with van der Waals surface area (Å²) in [5, 5.41) is 21.1. The lowest BCUT2D eigenvalue weighted by molar-refractivity contribution is 0.0950. The molecule has 3 N–H and O–H groups in total. The third-order valence-corrected chi connectivity index (χ3v) is 2.20. The molecule has 17 heavy (non-hydrogen) atoms. The van der Waals surface area contributed by atoms with E-state index in [-0.39, 0.29) is 23.0 Å². The number of phenols is 2. The molecule has 1 aromatic carbocycles. The van der Waals surface area contributed by atoms with Crippen molar-refractivity contribution in [1.29, 1.82) is 0 Å². The molecule has 0 spiro atoms. The number of carbonyl (C=O) groups excluding carboxylic acids is 1. The van der Waals surface area contributed by atoms with Crippen molar-refractivity contribution >= 4 is 5.91 Å². The van der Waals surface area contributed by atoms with Gasteiger partial charge >= 0.3 is 0 Å². The smallest absolute Gasteiger partial charge is 0.251 e. The van der Waals surface area contributed by atoms with E-state index in [1.165, 1.54) is 24.7 Å². The van der Waals surface area contributed by atoms with Gasteiger partial charge in [0.1, 0.15) is 11.5 Å². The van der Waals surface area contributed by atoms with Crippen LogP contribution in [0.4, 0.5) is 0 Å². The fourth-order valence-corrected chi connectivity index (χ4v) is 1.40. The second-order valence-corrected chi connectivity index (χ2v) is 3.55. The van der Waals surface area contributed by atoms with Gasteiger partial charge in [0, 0.05) is 23.7 Å². The topological polar surface area (TPSA) is 82.7 Å². The Morgan fingerprint density at radius 3 is 2.53 bits per heavy atom. The highest BCUT2D eigenvalue weighted by Crippen LogP contribution is 2.20. The number of amides is 1. The summed E-state index contributed by atoms with van der Waals surface area (Å²) >= 11 is 0.